The highest BCUT2D eigenvalue weighted by molar-refractivity contribution is 6.34. The third kappa shape index (κ3) is 3.26. The van der Waals surface area contributed by atoms with Crippen molar-refractivity contribution in [1.29, 1.82) is 0 Å². The molecule has 30 heavy (non-hydrogen) atoms. The minimum atomic E-state index is -0.432. The van der Waals surface area contributed by atoms with Crippen molar-refractivity contribution in [3.05, 3.63) is 100 Å². The molecule has 0 bridgehead atoms. The molecule has 5 nitrogen and oxygen atoms in total. The summed E-state index contributed by atoms with van der Waals surface area (Å²) >= 11 is 12.8. The Kier molecular flexibility index (Phi) is 4.77. The van der Waals surface area contributed by atoms with Crippen molar-refractivity contribution in [2.75, 3.05) is 0 Å². The second-order valence-electron chi connectivity index (χ2n) is 6.93. The van der Waals surface area contributed by atoms with Crippen LogP contribution in [0.1, 0.15) is 34.1 Å². The quantitative estimate of drug-likeness (QED) is 0.363. The number of benzene rings is 2. The van der Waals surface area contributed by atoms with Crippen LogP contribution < -0.4 is 0 Å². The van der Waals surface area contributed by atoms with Crippen LogP contribution in [0.5, 0.6) is 0 Å². The van der Waals surface area contributed by atoms with Crippen LogP contribution in [-0.4, -0.2) is 21.6 Å². The number of pyridine rings is 1. The Hall–Kier alpha value is -3.15. The zero-order chi connectivity index (χ0) is 20.7. The Labute approximate surface area is 182 Å². The smallest absolute Gasteiger partial charge is 0.276 e. The van der Waals surface area contributed by atoms with Gasteiger partial charge < -0.3 is 4.42 Å². The number of hydrogen-bond acceptors (Lipinski definition) is 4. The molecule has 0 saturated heterocycles. The number of fused-ring (bicyclic) bond motifs is 1. The van der Waals surface area contributed by atoms with Gasteiger partial charge in [-0.05, 0) is 36.4 Å². The predicted octanol–water partition coefficient (Wildman–Crippen LogP) is 6.13. The highest BCUT2D eigenvalue weighted by Gasteiger charge is 2.36. The zero-order valence-corrected chi connectivity index (χ0v) is 17.1. The number of nitrogens with zero attached hydrogens (tertiary/aromatic N) is 3. The molecule has 1 aliphatic rings. The Balaban J connectivity index is 1.62. The van der Waals surface area contributed by atoms with E-state index < -0.39 is 6.04 Å². The summed E-state index contributed by atoms with van der Waals surface area (Å²) in [4.78, 5) is 17.9. The molecule has 148 valence electrons. The fourth-order valence-electron chi connectivity index (χ4n) is 3.63. The van der Waals surface area contributed by atoms with Crippen LogP contribution in [-0.2, 0) is 0 Å². The Morgan fingerprint density at radius 2 is 1.83 bits per heavy atom. The van der Waals surface area contributed by atoms with E-state index in [2.05, 4.69) is 10.1 Å². The predicted molar refractivity (Wildman–Crippen MR) is 117 cm³/mol. The van der Waals surface area contributed by atoms with Crippen LogP contribution in [0, 0.1) is 0 Å². The van der Waals surface area contributed by atoms with Gasteiger partial charge in [-0.25, -0.2) is 9.99 Å². The Morgan fingerprint density at radius 3 is 2.63 bits per heavy atom. The first-order valence-corrected chi connectivity index (χ1v) is 10.1. The molecule has 0 spiro atoms. The maximum Gasteiger partial charge on any atom is 0.276 e. The summed E-state index contributed by atoms with van der Waals surface area (Å²) in [6, 6.07) is 19.8. The number of carbonyl (C=O) groups is 1. The van der Waals surface area contributed by atoms with Crippen molar-refractivity contribution >= 4 is 45.7 Å². The lowest BCUT2D eigenvalue weighted by atomic mass is 10.00. The summed E-state index contributed by atoms with van der Waals surface area (Å²) in [6.07, 6.45) is 2.03. The highest BCUT2D eigenvalue weighted by Crippen LogP contribution is 2.38. The summed E-state index contributed by atoms with van der Waals surface area (Å²) in [5.74, 6) is 0.302. The van der Waals surface area contributed by atoms with E-state index in [-0.39, 0.29) is 5.91 Å². The Bertz CT molecular complexity index is 1280. The largest absolute Gasteiger partial charge is 0.463 e. The van der Waals surface area contributed by atoms with Gasteiger partial charge in [0.2, 0.25) is 0 Å². The van der Waals surface area contributed by atoms with E-state index in [4.69, 9.17) is 27.6 Å². The number of amides is 1. The van der Waals surface area contributed by atoms with Gasteiger partial charge in [-0.1, -0.05) is 53.5 Å². The number of furan rings is 1. The molecule has 2 aromatic heterocycles. The van der Waals surface area contributed by atoms with E-state index in [0.717, 1.165) is 16.5 Å². The van der Waals surface area contributed by atoms with Gasteiger partial charge in [0.05, 0.1) is 28.4 Å². The lowest BCUT2D eigenvalue weighted by Crippen LogP contribution is -2.27. The van der Waals surface area contributed by atoms with Gasteiger partial charge in [-0.3, -0.25) is 4.79 Å². The van der Waals surface area contributed by atoms with Crippen LogP contribution >= 0.6 is 23.2 Å². The molecule has 5 rings (SSSR count). The van der Waals surface area contributed by atoms with Crippen LogP contribution in [0.2, 0.25) is 10.2 Å². The molecule has 0 N–H and O–H groups in total. The van der Waals surface area contributed by atoms with Gasteiger partial charge in [0, 0.05) is 17.4 Å². The molecule has 0 saturated carbocycles. The number of rotatable bonds is 3. The number of para-hydroxylation sites is 1. The summed E-state index contributed by atoms with van der Waals surface area (Å²) < 4.78 is 5.52. The topological polar surface area (TPSA) is 58.7 Å². The maximum atomic E-state index is 13.4. The first-order valence-electron chi connectivity index (χ1n) is 9.36. The number of hydrazone groups is 1. The molecule has 1 unspecified atom stereocenters. The molecule has 0 radical (unpaired) electrons. The molecular formula is C23H15Cl2N3O2. The second kappa shape index (κ2) is 7.59. The van der Waals surface area contributed by atoms with E-state index in [1.807, 2.05) is 36.4 Å². The fraction of sp³-hybridized carbons (Fsp3) is 0.0870. The molecule has 0 fully saturated rings. The third-order valence-corrected chi connectivity index (χ3v) is 5.72. The third-order valence-electron chi connectivity index (χ3n) is 5.09. The number of halogens is 2. The first-order chi connectivity index (χ1) is 14.6. The molecule has 2 aromatic carbocycles. The van der Waals surface area contributed by atoms with Gasteiger partial charge in [0.25, 0.3) is 5.91 Å². The lowest BCUT2D eigenvalue weighted by Gasteiger charge is -2.23. The van der Waals surface area contributed by atoms with Crippen LogP contribution in [0.15, 0.2) is 82.5 Å². The molecular weight excluding hydrogens is 421 g/mol. The number of hydrogen-bond donors (Lipinski definition) is 0. The summed E-state index contributed by atoms with van der Waals surface area (Å²) in [7, 11) is 0. The van der Waals surface area contributed by atoms with Gasteiger partial charge in [-0.15, -0.1) is 0 Å². The second-order valence-corrected chi connectivity index (χ2v) is 7.70. The van der Waals surface area contributed by atoms with Crippen molar-refractivity contribution in [3.63, 3.8) is 0 Å². The number of aromatic nitrogens is 1. The monoisotopic (exact) mass is 435 g/mol. The average Bonchev–Trinajstić information content (AvgIpc) is 3.43. The van der Waals surface area contributed by atoms with E-state index in [9.17, 15) is 4.79 Å². The van der Waals surface area contributed by atoms with Crippen molar-refractivity contribution in [2.45, 2.75) is 12.5 Å². The molecule has 7 heteroatoms. The summed E-state index contributed by atoms with van der Waals surface area (Å²) in [5, 5.41) is 7.66. The minimum absolute atomic E-state index is 0.309. The molecule has 1 aliphatic heterocycles. The minimum Gasteiger partial charge on any atom is -0.463 e. The SMILES string of the molecule is O=C(c1ccccc1Cl)N1N=C(c2ccco2)CC1c1cc2ccccc2nc1Cl. The fourth-order valence-corrected chi connectivity index (χ4v) is 4.12. The van der Waals surface area contributed by atoms with Crippen LogP contribution in [0.3, 0.4) is 0 Å². The summed E-state index contributed by atoms with van der Waals surface area (Å²) in [6.45, 7) is 0. The average molecular weight is 436 g/mol. The van der Waals surface area contributed by atoms with Gasteiger partial charge in [-0.2, -0.15) is 5.10 Å². The normalized spacial score (nSPS) is 16.1. The molecule has 4 aromatic rings. The lowest BCUT2D eigenvalue weighted by molar-refractivity contribution is 0.0711. The van der Waals surface area contributed by atoms with E-state index >= 15 is 0 Å². The van der Waals surface area contributed by atoms with Gasteiger partial charge in [0.15, 0.2) is 0 Å². The standard InChI is InChI=1S/C23H15Cl2N3O2/c24-17-8-3-2-7-15(17)23(29)28-20(13-19(27-28)21-10-5-11-30-21)16-12-14-6-1-4-9-18(14)26-22(16)25/h1-12,20H,13H2. The van der Waals surface area contributed by atoms with E-state index in [0.29, 0.717) is 33.6 Å². The molecule has 1 amide bonds. The highest BCUT2D eigenvalue weighted by atomic mass is 35.5. The maximum absolute atomic E-state index is 13.4. The zero-order valence-electron chi connectivity index (χ0n) is 15.6. The van der Waals surface area contributed by atoms with Crippen LogP contribution in [0.25, 0.3) is 10.9 Å². The molecule has 1 atom stereocenters. The Morgan fingerprint density at radius 1 is 1.03 bits per heavy atom. The van der Waals surface area contributed by atoms with E-state index in [1.165, 1.54) is 5.01 Å². The molecule has 0 aliphatic carbocycles. The van der Waals surface area contributed by atoms with Crippen LogP contribution in [0.4, 0.5) is 0 Å². The molecule has 3 heterocycles. The van der Waals surface area contributed by atoms with Crippen molar-refractivity contribution in [3.8, 4) is 0 Å². The van der Waals surface area contributed by atoms with Gasteiger partial charge in [0.1, 0.15) is 16.6 Å². The van der Waals surface area contributed by atoms with Crippen molar-refractivity contribution in [1.82, 2.24) is 9.99 Å². The summed E-state index contributed by atoms with van der Waals surface area (Å²) in [5.41, 5.74) is 2.55. The first kappa shape index (κ1) is 18.9. The number of carbonyl (C=O) groups excluding carboxylic acids is 1. The van der Waals surface area contributed by atoms with Crippen molar-refractivity contribution < 1.29 is 9.21 Å². The van der Waals surface area contributed by atoms with Gasteiger partial charge >= 0.3 is 0 Å². The van der Waals surface area contributed by atoms with Crippen molar-refractivity contribution in [2.24, 2.45) is 5.10 Å². The van der Waals surface area contributed by atoms with E-state index in [1.54, 1.807) is 36.6 Å².